The molecule has 0 bridgehead atoms. The van der Waals surface area contributed by atoms with E-state index >= 15 is 0 Å². The average Bonchev–Trinajstić information content (AvgIpc) is 3.38. The lowest BCUT2D eigenvalue weighted by Gasteiger charge is -2.20. The molecule has 8 unspecified atom stereocenters. The first kappa shape index (κ1) is 60.0. The Morgan fingerprint density at radius 2 is 0.657 bits per heavy atom. The summed E-state index contributed by atoms with van der Waals surface area (Å²) >= 11 is 0. The lowest BCUT2D eigenvalue weighted by Crippen LogP contribution is -2.20. The van der Waals surface area contributed by atoms with Crippen molar-refractivity contribution in [2.45, 2.75) is 192 Å². The summed E-state index contributed by atoms with van der Waals surface area (Å²) in [7, 11) is 0. The van der Waals surface area contributed by atoms with Crippen LogP contribution >= 0.6 is 0 Å². The minimum Gasteiger partial charge on any atom is -0.464 e. The molecule has 4 aromatic carbocycles. The number of hydrogen-bond acceptors (Lipinski definition) is 8. The molecular weight excluding hydrogens is 873 g/mol. The maximum Gasteiger partial charge on any atom is 0.334 e. The molecule has 8 atom stereocenters. The van der Waals surface area contributed by atoms with Gasteiger partial charge in [-0.05, 0) is 142 Å². The number of carbonyl (C=O) groups is 2. The third kappa shape index (κ3) is 26.2. The minimum atomic E-state index is -1.09. The summed E-state index contributed by atoms with van der Waals surface area (Å²) < 4.78 is 10.3. The fraction of sp³-hybridized carbons (Fsp3) is 0.581. The molecule has 8 nitrogen and oxygen atoms in total. The van der Waals surface area contributed by atoms with Crippen molar-refractivity contribution in [1.82, 2.24) is 0 Å². The van der Waals surface area contributed by atoms with Gasteiger partial charge in [-0.2, -0.15) is 0 Å². The van der Waals surface area contributed by atoms with Gasteiger partial charge >= 0.3 is 11.9 Å². The van der Waals surface area contributed by atoms with Crippen molar-refractivity contribution in [2.75, 3.05) is 26.4 Å². The molecule has 0 aliphatic rings. The van der Waals surface area contributed by atoms with Gasteiger partial charge in [0.25, 0.3) is 0 Å². The van der Waals surface area contributed by atoms with Crippen molar-refractivity contribution in [1.29, 1.82) is 0 Å². The molecule has 0 saturated heterocycles. The summed E-state index contributed by atoms with van der Waals surface area (Å²) in [5, 5.41) is 37.2. The summed E-state index contributed by atoms with van der Waals surface area (Å²) in [6.45, 7) is 8.85. The summed E-state index contributed by atoms with van der Waals surface area (Å²) in [6, 6.07) is 42.7. The molecule has 4 rings (SSSR count). The van der Waals surface area contributed by atoms with Crippen molar-refractivity contribution in [3.8, 4) is 0 Å². The van der Waals surface area contributed by atoms with Crippen LogP contribution in [0.25, 0.3) is 0 Å². The Labute approximate surface area is 423 Å². The van der Waals surface area contributed by atoms with Crippen LogP contribution in [0.4, 0.5) is 0 Å². The van der Waals surface area contributed by atoms with Crippen LogP contribution in [-0.4, -0.2) is 71.0 Å². The smallest absolute Gasteiger partial charge is 0.334 e. The van der Waals surface area contributed by atoms with Crippen molar-refractivity contribution < 1.29 is 39.5 Å². The Morgan fingerprint density at radius 1 is 0.357 bits per heavy atom. The summed E-state index contributed by atoms with van der Waals surface area (Å²) in [4.78, 5) is 23.1. The number of esters is 2. The van der Waals surface area contributed by atoms with Gasteiger partial charge in [-0.3, -0.25) is 0 Å². The third-order valence-corrected chi connectivity index (χ3v) is 14.1. The molecule has 8 heteroatoms. The van der Waals surface area contributed by atoms with E-state index in [1.165, 1.54) is 100 Å². The highest BCUT2D eigenvalue weighted by atomic mass is 16.5. The van der Waals surface area contributed by atoms with Gasteiger partial charge < -0.3 is 29.9 Å². The highest BCUT2D eigenvalue weighted by Crippen LogP contribution is 2.33. The molecule has 388 valence electrons. The Balaban J connectivity index is 0.000000385. The zero-order chi connectivity index (χ0) is 50.6. The van der Waals surface area contributed by atoms with Gasteiger partial charge in [0, 0.05) is 13.2 Å². The number of rotatable bonds is 36. The van der Waals surface area contributed by atoms with E-state index in [0.29, 0.717) is 49.4 Å². The number of benzene rings is 4. The molecule has 0 fully saturated rings. The van der Waals surface area contributed by atoms with E-state index in [2.05, 4.69) is 129 Å². The second kappa shape index (κ2) is 37.4. The van der Waals surface area contributed by atoms with Gasteiger partial charge in [-0.25, -0.2) is 9.59 Å². The molecular formula is C62H92O8. The Bertz CT molecular complexity index is 1850. The number of unbranched alkanes of at least 4 members (excludes halogenated alkanes) is 2. The quantitative estimate of drug-likeness (QED) is 0.0262. The van der Waals surface area contributed by atoms with Gasteiger partial charge in [-0.15, -0.1) is 0 Å². The molecule has 0 spiro atoms. The van der Waals surface area contributed by atoms with E-state index < -0.39 is 24.1 Å². The van der Waals surface area contributed by atoms with E-state index in [4.69, 9.17) is 14.6 Å². The molecule has 0 aromatic heterocycles. The summed E-state index contributed by atoms with van der Waals surface area (Å²) in [6.07, 6.45) is 19.9. The van der Waals surface area contributed by atoms with Crippen molar-refractivity contribution in [2.24, 2.45) is 11.8 Å². The standard InChI is InChI=1S/C34H50O6.C28H42O2/c1-26(15-13-22-32(30-18-8-5-9-19-30)23-25-40-34(38)28(3)36)14-12-21-31(29-16-6-4-7-17-29)20-10-11-24-39-33(37)27(2)35;1-24(13-11-20-28(21-23-30)26-16-6-3-7-17-26)12-10-19-27(18-8-9-22-29)25-14-4-2-5-15-25/h4-9,16-19,26-28,31-32,35-36H,10-15,20-25H2,1-3H3;2-7,14-17,24,27-30H,8-13,18-23H2,1H3. The summed E-state index contributed by atoms with van der Waals surface area (Å²) in [5.41, 5.74) is 5.47. The third-order valence-electron chi connectivity index (χ3n) is 14.1. The van der Waals surface area contributed by atoms with Gasteiger partial charge in [0.05, 0.1) is 13.2 Å². The number of aliphatic hydroxyl groups excluding tert-OH is 4. The van der Waals surface area contributed by atoms with Crippen LogP contribution in [0.15, 0.2) is 121 Å². The van der Waals surface area contributed by atoms with Crippen LogP contribution in [0.1, 0.15) is 202 Å². The number of hydrogen-bond donors (Lipinski definition) is 4. The number of aliphatic hydroxyl groups is 4. The largest absolute Gasteiger partial charge is 0.464 e. The Kier molecular flexibility index (Phi) is 32.1. The van der Waals surface area contributed by atoms with Crippen LogP contribution in [-0.2, 0) is 19.1 Å². The van der Waals surface area contributed by atoms with Crippen molar-refractivity contribution in [3.63, 3.8) is 0 Å². The first-order chi connectivity index (χ1) is 34.0. The predicted molar refractivity (Wildman–Crippen MR) is 287 cm³/mol. The van der Waals surface area contributed by atoms with E-state index in [1.807, 2.05) is 6.07 Å². The molecule has 0 radical (unpaired) electrons. The topological polar surface area (TPSA) is 134 Å². The molecule has 4 N–H and O–H groups in total. The molecule has 0 amide bonds. The van der Waals surface area contributed by atoms with Gasteiger partial charge in [0.1, 0.15) is 12.2 Å². The van der Waals surface area contributed by atoms with Crippen molar-refractivity contribution >= 4 is 11.9 Å². The second-order valence-electron chi connectivity index (χ2n) is 20.1. The molecule has 70 heavy (non-hydrogen) atoms. The van der Waals surface area contributed by atoms with E-state index in [9.17, 15) is 24.9 Å². The normalized spacial score (nSPS) is 14.7. The van der Waals surface area contributed by atoms with Crippen LogP contribution < -0.4 is 0 Å². The Hall–Kier alpha value is -4.34. The summed E-state index contributed by atoms with van der Waals surface area (Å²) in [5.74, 6) is 2.21. The molecule has 4 aromatic rings. The molecule has 0 saturated carbocycles. The first-order valence-corrected chi connectivity index (χ1v) is 27.1. The minimum absolute atomic E-state index is 0.270. The fourth-order valence-electron chi connectivity index (χ4n) is 9.82. The van der Waals surface area contributed by atoms with Gasteiger partial charge in [0.2, 0.25) is 0 Å². The van der Waals surface area contributed by atoms with Crippen LogP contribution in [0.2, 0.25) is 0 Å². The second-order valence-corrected chi connectivity index (χ2v) is 20.1. The van der Waals surface area contributed by atoms with Crippen LogP contribution in [0.5, 0.6) is 0 Å². The van der Waals surface area contributed by atoms with Crippen molar-refractivity contribution in [3.05, 3.63) is 144 Å². The van der Waals surface area contributed by atoms with Gasteiger partial charge in [-0.1, -0.05) is 193 Å². The molecule has 0 heterocycles. The zero-order valence-electron chi connectivity index (χ0n) is 43.6. The maximum atomic E-state index is 11.6. The fourth-order valence-corrected chi connectivity index (χ4v) is 9.82. The number of carbonyl (C=O) groups excluding carboxylic acids is 2. The van der Waals surface area contributed by atoms with Crippen LogP contribution in [0.3, 0.4) is 0 Å². The molecule has 0 aliphatic carbocycles. The predicted octanol–water partition coefficient (Wildman–Crippen LogP) is 14.0. The van der Waals surface area contributed by atoms with E-state index in [1.54, 1.807) is 0 Å². The van der Waals surface area contributed by atoms with E-state index in [-0.39, 0.29) is 6.61 Å². The highest BCUT2D eigenvalue weighted by Gasteiger charge is 2.18. The first-order valence-electron chi connectivity index (χ1n) is 27.1. The SMILES string of the molecule is CC(CCCC(CCCCOC(=O)C(C)O)c1ccccc1)CCCC(CCOC(=O)C(C)O)c1ccccc1.CC(CCCC(CCO)c1ccccc1)CCCC(CCCCO)c1ccccc1. The van der Waals surface area contributed by atoms with E-state index in [0.717, 1.165) is 70.1 Å². The zero-order valence-corrected chi connectivity index (χ0v) is 43.6. The lowest BCUT2D eigenvalue weighted by molar-refractivity contribution is -0.153. The highest BCUT2D eigenvalue weighted by molar-refractivity contribution is 5.74. The molecule has 0 aliphatic heterocycles. The van der Waals surface area contributed by atoms with Crippen LogP contribution in [0, 0.1) is 11.8 Å². The lowest BCUT2D eigenvalue weighted by atomic mass is 9.86. The maximum absolute atomic E-state index is 11.6. The Morgan fingerprint density at radius 3 is 0.986 bits per heavy atom. The monoisotopic (exact) mass is 965 g/mol. The van der Waals surface area contributed by atoms with Gasteiger partial charge in [0.15, 0.2) is 0 Å². The number of ether oxygens (including phenoxy) is 2. The average molecular weight is 965 g/mol.